The highest BCUT2D eigenvalue weighted by Gasteiger charge is 2.11. The molecule has 0 radical (unpaired) electrons. The van der Waals surface area contributed by atoms with Gasteiger partial charge in [-0.15, -0.1) is 0 Å². The van der Waals surface area contributed by atoms with E-state index < -0.39 is 0 Å². The number of hydrogen-bond donors (Lipinski definition) is 0. The van der Waals surface area contributed by atoms with E-state index >= 15 is 0 Å². The van der Waals surface area contributed by atoms with Gasteiger partial charge in [0.15, 0.2) is 5.78 Å². The minimum absolute atomic E-state index is 0.128. The Bertz CT molecular complexity index is 621. The van der Waals surface area contributed by atoms with Crippen molar-refractivity contribution < 1.29 is 4.79 Å². The van der Waals surface area contributed by atoms with Crippen molar-refractivity contribution in [3.05, 3.63) is 47.0 Å². The van der Waals surface area contributed by atoms with E-state index in [1.54, 1.807) is 6.92 Å². The lowest BCUT2D eigenvalue weighted by molar-refractivity contribution is 0.101. The highest BCUT2D eigenvalue weighted by molar-refractivity contribution is 5.99. The van der Waals surface area contributed by atoms with E-state index in [2.05, 4.69) is 45.9 Å². The van der Waals surface area contributed by atoms with Crippen LogP contribution in [0, 0.1) is 0 Å². The Morgan fingerprint density at radius 3 is 2.16 bits per heavy atom. The molecule has 0 aromatic heterocycles. The van der Waals surface area contributed by atoms with Gasteiger partial charge in [-0.2, -0.15) is 0 Å². The molecule has 1 heteroatoms. The largest absolute Gasteiger partial charge is 0.295 e. The maximum absolute atomic E-state index is 11.5. The number of hydrogen-bond acceptors (Lipinski definition) is 1. The van der Waals surface area contributed by atoms with Gasteiger partial charge >= 0.3 is 0 Å². The number of ketones is 1. The van der Waals surface area contributed by atoms with Gasteiger partial charge in [0.05, 0.1) is 0 Å². The summed E-state index contributed by atoms with van der Waals surface area (Å²) in [6.07, 6.45) is 0. The van der Waals surface area contributed by atoms with Crippen LogP contribution in [0.1, 0.15) is 67.9 Å². The fourth-order valence-corrected chi connectivity index (χ4v) is 2.45. The molecule has 0 N–H and O–H groups in total. The zero-order chi connectivity index (χ0) is 14.2. The van der Waals surface area contributed by atoms with E-state index in [1.165, 1.54) is 21.9 Å². The molecule has 0 aliphatic rings. The van der Waals surface area contributed by atoms with Crippen LogP contribution in [-0.4, -0.2) is 5.78 Å². The fraction of sp³-hybridized carbons (Fsp3) is 0.389. The molecule has 0 aliphatic carbocycles. The number of benzene rings is 2. The van der Waals surface area contributed by atoms with Crippen LogP contribution in [0.15, 0.2) is 30.3 Å². The van der Waals surface area contributed by atoms with E-state index in [9.17, 15) is 4.79 Å². The Kier molecular flexibility index (Phi) is 3.75. The lowest BCUT2D eigenvalue weighted by atomic mass is 9.89. The SMILES string of the molecule is CC(=O)c1ccc2c(C(C)C)cc(C(C)C)cc2c1. The van der Waals surface area contributed by atoms with Gasteiger partial charge in [-0.05, 0) is 46.7 Å². The molecular formula is C18H22O. The second-order valence-corrected chi connectivity index (χ2v) is 5.91. The molecule has 0 amide bonds. The topological polar surface area (TPSA) is 17.1 Å². The molecule has 2 rings (SSSR count). The van der Waals surface area contributed by atoms with Crippen molar-refractivity contribution in [3.63, 3.8) is 0 Å². The number of carbonyl (C=O) groups excluding carboxylic acids is 1. The van der Waals surface area contributed by atoms with Crippen LogP contribution in [0.5, 0.6) is 0 Å². The van der Waals surface area contributed by atoms with E-state index in [0.29, 0.717) is 11.8 Å². The lowest BCUT2D eigenvalue weighted by Gasteiger charge is -2.15. The summed E-state index contributed by atoms with van der Waals surface area (Å²) in [7, 11) is 0. The van der Waals surface area contributed by atoms with Crippen molar-refractivity contribution in [2.24, 2.45) is 0 Å². The molecule has 0 saturated heterocycles. The van der Waals surface area contributed by atoms with E-state index in [4.69, 9.17) is 0 Å². The van der Waals surface area contributed by atoms with Crippen LogP contribution in [0.25, 0.3) is 10.8 Å². The first kappa shape index (κ1) is 13.8. The van der Waals surface area contributed by atoms with E-state index in [0.717, 1.165) is 5.56 Å². The molecule has 0 aliphatic heterocycles. The van der Waals surface area contributed by atoms with Gasteiger partial charge in [0.1, 0.15) is 0 Å². The second-order valence-electron chi connectivity index (χ2n) is 5.91. The third-order valence-corrected chi connectivity index (χ3v) is 3.70. The van der Waals surface area contributed by atoms with Gasteiger partial charge < -0.3 is 0 Å². The van der Waals surface area contributed by atoms with Gasteiger partial charge in [0.25, 0.3) is 0 Å². The summed E-state index contributed by atoms with van der Waals surface area (Å²) in [5.41, 5.74) is 3.51. The third-order valence-electron chi connectivity index (χ3n) is 3.70. The van der Waals surface area contributed by atoms with Crippen LogP contribution in [0.2, 0.25) is 0 Å². The maximum Gasteiger partial charge on any atom is 0.159 e. The first-order chi connectivity index (χ1) is 8.90. The van der Waals surface area contributed by atoms with Crippen molar-refractivity contribution in [3.8, 4) is 0 Å². The minimum Gasteiger partial charge on any atom is -0.295 e. The number of Topliss-reactive ketones (excluding diaryl/α,β-unsaturated/α-hetero) is 1. The van der Waals surface area contributed by atoms with Crippen LogP contribution in [-0.2, 0) is 0 Å². The normalized spacial score (nSPS) is 11.5. The summed E-state index contributed by atoms with van der Waals surface area (Å²) in [6.45, 7) is 10.5. The number of carbonyl (C=O) groups is 1. The van der Waals surface area contributed by atoms with Gasteiger partial charge in [-0.3, -0.25) is 4.79 Å². The standard InChI is InChI=1S/C18H22O/c1-11(2)15-9-16-8-14(13(5)19)6-7-17(16)18(10-15)12(3)4/h6-12H,1-5H3. The van der Waals surface area contributed by atoms with Crippen LogP contribution in [0.3, 0.4) is 0 Å². The van der Waals surface area contributed by atoms with Crippen LogP contribution < -0.4 is 0 Å². The van der Waals surface area contributed by atoms with E-state index in [-0.39, 0.29) is 5.78 Å². The Morgan fingerprint density at radius 2 is 1.63 bits per heavy atom. The monoisotopic (exact) mass is 254 g/mol. The molecule has 0 saturated carbocycles. The highest BCUT2D eigenvalue weighted by Crippen LogP contribution is 2.30. The van der Waals surface area contributed by atoms with E-state index in [1.807, 2.05) is 12.1 Å². The minimum atomic E-state index is 0.128. The fourth-order valence-electron chi connectivity index (χ4n) is 2.45. The lowest BCUT2D eigenvalue weighted by Crippen LogP contribution is -1.97. The van der Waals surface area contributed by atoms with Crippen molar-refractivity contribution in [1.82, 2.24) is 0 Å². The maximum atomic E-state index is 11.5. The summed E-state index contributed by atoms with van der Waals surface area (Å²) in [6, 6.07) is 10.6. The molecule has 0 fully saturated rings. The summed E-state index contributed by atoms with van der Waals surface area (Å²) in [5, 5.41) is 2.45. The van der Waals surface area contributed by atoms with Crippen LogP contribution >= 0.6 is 0 Å². The average Bonchev–Trinajstić information content (AvgIpc) is 2.36. The molecule has 0 unspecified atom stereocenters. The van der Waals surface area contributed by atoms with Gasteiger partial charge in [-0.25, -0.2) is 0 Å². The summed E-state index contributed by atoms with van der Waals surface area (Å²) >= 11 is 0. The smallest absolute Gasteiger partial charge is 0.159 e. The molecule has 2 aromatic carbocycles. The number of fused-ring (bicyclic) bond motifs is 1. The Hall–Kier alpha value is -1.63. The number of rotatable bonds is 3. The molecule has 0 heterocycles. The Balaban J connectivity index is 2.75. The molecule has 19 heavy (non-hydrogen) atoms. The molecule has 0 bridgehead atoms. The third kappa shape index (κ3) is 2.70. The summed E-state index contributed by atoms with van der Waals surface area (Å²) < 4.78 is 0. The first-order valence-corrected chi connectivity index (χ1v) is 6.98. The van der Waals surface area contributed by atoms with Crippen molar-refractivity contribution in [2.45, 2.75) is 46.5 Å². The van der Waals surface area contributed by atoms with Gasteiger partial charge in [0.2, 0.25) is 0 Å². The van der Waals surface area contributed by atoms with Crippen molar-refractivity contribution in [2.75, 3.05) is 0 Å². The van der Waals surface area contributed by atoms with Gasteiger partial charge in [0, 0.05) is 5.56 Å². The zero-order valence-electron chi connectivity index (χ0n) is 12.4. The predicted molar refractivity (Wildman–Crippen MR) is 82.1 cm³/mol. The molecule has 0 spiro atoms. The summed E-state index contributed by atoms with van der Waals surface area (Å²) in [4.78, 5) is 11.5. The predicted octanol–water partition coefficient (Wildman–Crippen LogP) is 5.29. The highest BCUT2D eigenvalue weighted by atomic mass is 16.1. The molecule has 100 valence electrons. The van der Waals surface area contributed by atoms with Gasteiger partial charge in [-0.1, -0.05) is 52.0 Å². The molecular weight excluding hydrogens is 232 g/mol. The Morgan fingerprint density at radius 1 is 0.947 bits per heavy atom. The van der Waals surface area contributed by atoms with Crippen molar-refractivity contribution in [1.29, 1.82) is 0 Å². The Labute approximate surface area is 115 Å². The molecule has 1 nitrogen and oxygen atoms in total. The second kappa shape index (κ2) is 5.16. The molecule has 2 aromatic rings. The quantitative estimate of drug-likeness (QED) is 0.680. The first-order valence-electron chi connectivity index (χ1n) is 6.98. The average molecular weight is 254 g/mol. The molecule has 0 atom stereocenters. The van der Waals surface area contributed by atoms with Crippen LogP contribution in [0.4, 0.5) is 0 Å². The van der Waals surface area contributed by atoms with Crippen molar-refractivity contribution >= 4 is 16.6 Å². The summed E-state index contributed by atoms with van der Waals surface area (Å²) in [5.74, 6) is 1.12. The zero-order valence-corrected chi connectivity index (χ0v) is 12.4.